The van der Waals surface area contributed by atoms with E-state index in [2.05, 4.69) is 5.32 Å². The number of hydrogen-bond acceptors (Lipinski definition) is 6. The first kappa shape index (κ1) is 23.7. The SMILES string of the molecule is COC(=O)C(Cc1ccccc1)NC(=O)N1CCC2(CCN(S(=O)(=O)c3cccs3)CC2)C1. The zero-order valence-corrected chi connectivity index (χ0v) is 20.2. The largest absolute Gasteiger partial charge is 0.467 e. The number of esters is 1. The highest BCUT2D eigenvalue weighted by Gasteiger charge is 2.44. The van der Waals surface area contributed by atoms with Crippen molar-refractivity contribution in [2.75, 3.05) is 33.3 Å². The second kappa shape index (κ2) is 9.82. The number of amides is 2. The number of nitrogens with zero attached hydrogens (tertiary/aromatic N) is 2. The summed E-state index contributed by atoms with van der Waals surface area (Å²) in [5.74, 6) is -0.479. The maximum Gasteiger partial charge on any atom is 0.328 e. The fourth-order valence-electron chi connectivity index (χ4n) is 4.68. The van der Waals surface area contributed by atoms with Crippen LogP contribution < -0.4 is 5.32 Å². The molecule has 10 heteroatoms. The molecule has 33 heavy (non-hydrogen) atoms. The summed E-state index contributed by atoms with van der Waals surface area (Å²) in [6.07, 6.45) is 2.61. The number of benzene rings is 1. The van der Waals surface area contributed by atoms with Crippen LogP contribution in [0.5, 0.6) is 0 Å². The summed E-state index contributed by atoms with van der Waals surface area (Å²) in [6, 6.07) is 11.8. The molecule has 2 saturated heterocycles. The van der Waals surface area contributed by atoms with Crippen molar-refractivity contribution >= 4 is 33.4 Å². The molecule has 0 bridgehead atoms. The van der Waals surface area contributed by atoms with Gasteiger partial charge in [0.15, 0.2) is 0 Å². The standard InChI is InChI=1S/C23H29N3O5S2/c1-31-21(27)19(16-18-6-3-2-4-7-18)24-22(28)25-12-9-23(17-25)10-13-26(14-11-23)33(29,30)20-8-5-15-32-20/h2-8,15,19H,9-14,16-17H2,1H3,(H,24,28). The first-order chi connectivity index (χ1) is 15.8. The maximum absolute atomic E-state index is 13.0. The lowest BCUT2D eigenvalue weighted by Gasteiger charge is -2.38. The number of ether oxygens (including phenoxy) is 1. The van der Waals surface area contributed by atoms with Crippen LogP contribution >= 0.6 is 11.3 Å². The number of carbonyl (C=O) groups excluding carboxylic acids is 2. The monoisotopic (exact) mass is 491 g/mol. The predicted octanol–water partition coefficient (Wildman–Crippen LogP) is 2.72. The molecule has 4 rings (SSSR count). The lowest BCUT2D eigenvalue weighted by molar-refractivity contribution is -0.142. The van der Waals surface area contributed by atoms with Gasteiger partial charge in [-0.25, -0.2) is 18.0 Å². The van der Waals surface area contributed by atoms with Gasteiger partial charge in [-0.1, -0.05) is 36.4 Å². The Bertz CT molecular complexity index is 1060. The molecule has 2 aliphatic heterocycles. The Morgan fingerprint density at radius 2 is 1.79 bits per heavy atom. The molecule has 0 radical (unpaired) electrons. The number of urea groups is 1. The number of piperidine rings is 1. The van der Waals surface area contributed by atoms with Gasteiger partial charge in [-0.15, -0.1) is 11.3 Å². The highest BCUT2D eigenvalue weighted by atomic mass is 32.2. The average Bonchev–Trinajstić information content (AvgIpc) is 3.51. The summed E-state index contributed by atoms with van der Waals surface area (Å²) in [4.78, 5) is 27.0. The molecule has 1 unspecified atom stereocenters. The van der Waals surface area contributed by atoms with Gasteiger partial charge in [0.25, 0.3) is 10.0 Å². The van der Waals surface area contributed by atoms with Gasteiger partial charge >= 0.3 is 12.0 Å². The van der Waals surface area contributed by atoms with Crippen LogP contribution in [0, 0.1) is 5.41 Å². The normalized spacial score (nSPS) is 19.4. The van der Waals surface area contributed by atoms with E-state index in [0.717, 1.165) is 12.0 Å². The van der Waals surface area contributed by atoms with Crippen molar-refractivity contribution in [3.05, 3.63) is 53.4 Å². The van der Waals surface area contributed by atoms with Crippen LogP contribution in [-0.2, 0) is 26.0 Å². The minimum Gasteiger partial charge on any atom is -0.467 e. The van der Waals surface area contributed by atoms with Gasteiger partial charge in [-0.05, 0) is 41.7 Å². The molecule has 2 aliphatic rings. The minimum atomic E-state index is -3.45. The van der Waals surface area contributed by atoms with E-state index in [0.29, 0.717) is 49.7 Å². The van der Waals surface area contributed by atoms with Crippen LogP contribution in [0.1, 0.15) is 24.8 Å². The van der Waals surface area contributed by atoms with Crippen molar-refractivity contribution in [1.29, 1.82) is 0 Å². The van der Waals surface area contributed by atoms with Crippen LogP contribution in [0.4, 0.5) is 4.79 Å². The summed E-state index contributed by atoms with van der Waals surface area (Å²) in [5.41, 5.74) is 0.851. The summed E-state index contributed by atoms with van der Waals surface area (Å²) in [7, 11) is -2.13. The predicted molar refractivity (Wildman–Crippen MR) is 125 cm³/mol. The quantitative estimate of drug-likeness (QED) is 0.627. The maximum atomic E-state index is 13.0. The highest BCUT2D eigenvalue weighted by Crippen LogP contribution is 2.41. The van der Waals surface area contributed by atoms with Crippen LogP contribution in [0.2, 0.25) is 0 Å². The number of sulfonamides is 1. The highest BCUT2D eigenvalue weighted by molar-refractivity contribution is 7.91. The third kappa shape index (κ3) is 5.23. The lowest BCUT2D eigenvalue weighted by atomic mass is 9.78. The van der Waals surface area contributed by atoms with Crippen molar-refractivity contribution in [3.63, 3.8) is 0 Å². The van der Waals surface area contributed by atoms with Crippen LogP contribution in [0.3, 0.4) is 0 Å². The van der Waals surface area contributed by atoms with Crippen LogP contribution in [0.25, 0.3) is 0 Å². The van der Waals surface area contributed by atoms with Crippen molar-refractivity contribution in [2.24, 2.45) is 5.41 Å². The molecule has 3 heterocycles. The number of carbonyl (C=O) groups is 2. The van der Waals surface area contributed by atoms with Crippen molar-refractivity contribution in [3.8, 4) is 0 Å². The molecule has 1 aromatic carbocycles. The molecule has 2 fully saturated rings. The summed E-state index contributed by atoms with van der Waals surface area (Å²) < 4.78 is 32.4. The Kier molecular flexibility index (Phi) is 7.06. The number of thiophene rings is 1. The third-order valence-corrected chi connectivity index (χ3v) is 9.94. The first-order valence-electron chi connectivity index (χ1n) is 11.0. The molecule has 0 saturated carbocycles. The molecular weight excluding hydrogens is 462 g/mol. The smallest absolute Gasteiger partial charge is 0.328 e. The van der Waals surface area contributed by atoms with Crippen molar-refractivity contribution in [2.45, 2.75) is 35.9 Å². The van der Waals surface area contributed by atoms with Crippen LogP contribution in [0.15, 0.2) is 52.1 Å². The number of methoxy groups -OCH3 is 1. The van der Waals surface area contributed by atoms with E-state index >= 15 is 0 Å². The molecule has 1 spiro atoms. The fourth-order valence-corrected chi connectivity index (χ4v) is 7.27. The van der Waals surface area contributed by atoms with Gasteiger partial charge in [-0.3, -0.25) is 0 Å². The summed E-state index contributed by atoms with van der Waals surface area (Å²) >= 11 is 1.23. The van der Waals surface area contributed by atoms with E-state index in [-0.39, 0.29) is 11.4 Å². The Morgan fingerprint density at radius 1 is 1.09 bits per heavy atom. The van der Waals surface area contributed by atoms with Gasteiger partial charge in [0, 0.05) is 32.6 Å². The van der Waals surface area contributed by atoms with Gasteiger partial charge in [0.2, 0.25) is 0 Å². The molecule has 178 valence electrons. The summed E-state index contributed by atoms with van der Waals surface area (Å²) in [6.45, 7) is 2.05. The zero-order chi connectivity index (χ0) is 23.5. The lowest BCUT2D eigenvalue weighted by Crippen LogP contribution is -2.50. The van der Waals surface area contributed by atoms with Gasteiger partial charge in [0.05, 0.1) is 7.11 Å². The average molecular weight is 492 g/mol. The topological polar surface area (TPSA) is 96.0 Å². The summed E-state index contributed by atoms with van der Waals surface area (Å²) in [5, 5.41) is 4.61. The van der Waals surface area contributed by atoms with E-state index in [1.54, 1.807) is 26.7 Å². The minimum absolute atomic E-state index is 0.0843. The Labute approximate surface area is 198 Å². The molecule has 1 N–H and O–H groups in total. The second-order valence-electron chi connectivity index (χ2n) is 8.72. The van der Waals surface area contributed by atoms with E-state index < -0.39 is 22.0 Å². The Balaban J connectivity index is 1.35. The molecule has 1 aromatic heterocycles. The molecule has 2 aromatic rings. The molecule has 0 aliphatic carbocycles. The second-order valence-corrected chi connectivity index (χ2v) is 11.8. The molecule has 8 nitrogen and oxygen atoms in total. The van der Waals surface area contributed by atoms with E-state index in [4.69, 9.17) is 4.74 Å². The van der Waals surface area contributed by atoms with Crippen molar-refractivity contribution in [1.82, 2.24) is 14.5 Å². The Morgan fingerprint density at radius 3 is 2.42 bits per heavy atom. The molecule has 2 amide bonds. The first-order valence-corrected chi connectivity index (χ1v) is 13.4. The van der Waals surface area contributed by atoms with E-state index in [1.807, 2.05) is 30.3 Å². The van der Waals surface area contributed by atoms with Gasteiger partial charge < -0.3 is 15.0 Å². The van der Waals surface area contributed by atoms with Gasteiger partial charge in [0.1, 0.15) is 10.3 Å². The number of nitrogens with one attached hydrogen (secondary N) is 1. The third-order valence-electron chi connectivity index (χ3n) is 6.66. The molecule has 1 atom stereocenters. The van der Waals surface area contributed by atoms with Gasteiger partial charge in [-0.2, -0.15) is 4.31 Å². The van der Waals surface area contributed by atoms with E-state index in [9.17, 15) is 18.0 Å². The zero-order valence-electron chi connectivity index (χ0n) is 18.6. The molecular formula is C23H29N3O5S2. The fraction of sp³-hybridized carbons (Fsp3) is 0.478. The number of hydrogen-bond donors (Lipinski definition) is 1. The van der Waals surface area contributed by atoms with Crippen molar-refractivity contribution < 1.29 is 22.7 Å². The number of likely N-dealkylation sites (tertiary alicyclic amines) is 1. The number of rotatable bonds is 6. The van der Waals surface area contributed by atoms with Crippen LogP contribution in [-0.4, -0.2) is 69.0 Å². The van der Waals surface area contributed by atoms with E-state index in [1.165, 1.54) is 18.4 Å². The Hall–Kier alpha value is -2.43.